The molecule has 1 aromatic heterocycles. The van der Waals surface area contributed by atoms with Crippen LogP contribution in [0.2, 0.25) is 0 Å². The molecule has 0 amide bonds. The molecule has 2 rings (SSSR count). The van der Waals surface area contributed by atoms with Crippen LogP contribution in [-0.4, -0.2) is 14.7 Å². The molecule has 0 aliphatic rings. The second-order valence-electron chi connectivity index (χ2n) is 3.74. The van der Waals surface area contributed by atoms with Crippen LogP contribution < -0.4 is 11.1 Å². The molecule has 18 heavy (non-hydrogen) atoms. The summed E-state index contributed by atoms with van der Waals surface area (Å²) in [5.41, 5.74) is 7.14. The topological polar surface area (TPSA) is 99.0 Å². The van der Waals surface area contributed by atoms with Crippen LogP contribution in [0.3, 0.4) is 0 Å². The Bertz CT molecular complexity index is 579. The number of aromatic nitrogens is 2. The van der Waals surface area contributed by atoms with Gasteiger partial charge in [0.1, 0.15) is 5.69 Å². The molecular formula is C11H13N5O2. The highest BCUT2D eigenvalue weighted by atomic mass is 16.6. The van der Waals surface area contributed by atoms with Crippen LogP contribution in [0.25, 0.3) is 0 Å². The summed E-state index contributed by atoms with van der Waals surface area (Å²) < 4.78 is 1.77. The van der Waals surface area contributed by atoms with Crippen molar-refractivity contribution in [3.63, 3.8) is 0 Å². The molecule has 0 aliphatic heterocycles. The highest BCUT2D eigenvalue weighted by Crippen LogP contribution is 2.26. The van der Waals surface area contributed by atoms with Gasteiger partial charge in [0.05, 0.1) is 16.8 Å². The number of anilines is 3. The number of hydrogen-bond donors (Lipinski definition) is 2. The maximum Gasteiger partial charge on any atom is 0.292 e. The summed E-state index contributed by atoms with van der Waals surface area (Å²) in [4.78, 5) is 10.1. The van der Waals surface area contributed by atoms with E-state index in [4.69, 9.17) is 5.73 Å². The van der Waals surface area contributed by atoms with Crippen molar-refractivity contribution in [2.75, 3.05) is 11.1 Å². The lowest BCUT2D eigenvalue weighted by molar-refractivity contribution is -0.383. The van der Waals surface area contributed by atoms with Gasteiger partial charge in [-0.05, 0) is 19.1 Å². The van der Waals surface area contributed by atoms with E-state index in [1.54, 1.807) is 16.9 Å². The average Bonchev–Trinajstić information content (AvgIpc) is 2.76. The number of nitrogens with zero attached hydrogens (tertiary/aromatic N) is 3. The first-order chi connectivity index (χ1) is 8.60. The van der Waals surface area contributed by atoms with E-state index in [1.165, 1.54) is 12.1 Å². The highest BCUT2D eigenvalue weighted by Gasteiger charge is 2.11. The fourth-order valence-electron chi connectivity index (χ4n) is 1.57. The number of rotatable bonds is 4. The minimum Gasteiger partial charge on any atom is -0.393 e. The minimum absolute atomic E-state index is 0.0928. The predicted octanol–water partition coefficient (Wildman–Crippen LogP) is 2.14. The fourth-order valence-corrected chi connectivity index (χ4v) is 1.57. The number of hydrogen-bond acceptors (Lipinski definition) is 5. The van der Waals surface area contributed by atoms with Crippen molar-refractivity contribution in [2.45, 2.75) is 13.5 Å². The monoisotopic (exact) mass is 247 g/mol. The van der Waals surface area contributed by atoms with Gasteiger partial charge in [-0.2, -0.15) is 5.10 Å². The summed E-state index contributed by atoms with van der Waals surface area (Å²) in [6, 6.07) is 4.51. The standard InChI is InChI=1S/C11H13N5O2/c1-2-15-7-9(6-13-15)14-8-3-4-11(16(17)18)10(12)5-8/h3-7,14H,2,12H2,1H3. The van der Waals surface area contributed by atoms with Crippen molar-refractivity contribution in [2.24, 2.45) is 0 Å². The lowest BCUT2D eigenvalue weighted by atomic mass is 10.2. The molecule has 0 fully saturated rings. The molecule has 3 N–H and O–H groups in total. The van der Waals surface area contributed by atoms with Crippen LogP contribution in [-0.2, 0) is 6.54 Å². The summed E-state index contributed by atoms with van der Waals surface area (Å²) >= 11 is 0. The molecule has 0 aliphatic carbocycles. The van der Waals surface area contributed by atoms with Gasteiger partial charge < -0.3 is 11.1 Å². The number of nitrogens with two attached hydrogens (primary N) is 1. The summed E-state index contributed by atoms with van der Waals surface area (Å²) in [6.07, 6.45) is 3.53. The van der Waals surface area contributed by atoms with E-state index >= 15 is 0 Å². The highest BCUT2D eigenvalue weighted by molar-refractivity contribution is 5.69. The molecule has 0 bridgehead atoms. The van der Waals surface area contributed by atoms with Crippen LogP contribution in [0.5, 0.6) is 0 Å². The average molecular weight is 247 g/mol. The number of nitrogens with one attached hydrogen (secondary N) is 1. The summed E-state index contributed by atoms with van der Waals surface area (Å²) in [5.74, 6) is 0. The minimum atomic E-state index is -0.506. The molecule has 0 saturated heterocycles. The maximum atomic E-state index is 10.6. The van der Waals surface area contributed by atoms with E-state index in [0.29, 0.717) is 5.69 Å². The summed E-state index contributed by atoms with van der Waals surface area (Å²) in [5, 5.41) is 17.8. The number of nitro groups is 1. The van der Waals surface area contributed by atoms with E-state index in [0.717, 1.165) is 12.2 Å². The van der Waals surface area contributed by atoms with Crippen LogP contribution in [0.15, 0.2) is 30.6 Å². The van der Waals surface area contributed by atoms with Crippen LogP contribution in [0, 0.1) is 10.1 Å². The van der Waals surface area contributed by atoms with Crippen LogP contribution >= 0.6 is 0 Å². The normalized spacial score (nSPS) is 10.3. The Labute approximate surface area is 103 Å². The maximum absolute atomic E-state index is 10.6. The number of benzene rings is 1. The zero-order valence-electron chi connectivity index (χ0n) is 9.83. The summed E-state index contributed by atoms with van der Waals surface area (Å²) in [6.45, 7) is 2.77. The SMILES string of the molecule is CCn1cc(Nc2ccc([N+](=O)[O-])c(N)c2)cn1. The second kappa shape index (κ2) is 4.74. The molecule has 0 spiro atoms. The third-order valence-corrected chi connectivity index (χ3v) is 2.47. The van der Waals surface area contributed by atoms with Crippen molar-refractivity contribution in [1.82, 2.24) is 9.78 Å². The number of nitrogen functional groups attached to an aromatic ring is 1. The molecule has 94 valence electrons. The Morgan fingerprint density at radius 1 is 1.50 bits per heavy atom. The van der Waals surface area contributed by atoms with Gasteiger partial charge >= 0.3 is 0 Å². The zero-order chi connectivity index (χ0) is 13.1. The Kier molecular flexibility index (Phi) is 3.13. The lowest BCUT2D eigenvalue weighted by Gasteiger charge is -2.04. The molecule has 0 radical (unpaired) electrons. The van der Waals surface area contributed by atoms with Gasteiger partial charge in [0.15, 0.2) is 0 Å². The largest absolute Gasteiger partial charge is 0.393 e. The molecule has 0 atom stereocenters. The molecule has 0 unspecified atom stereocenters. The Hall–Kier alpha value is -2.57. The van der Waals surface area contributed by atoms with Crippen molar-refractivity contribution in [3.8, 4) is 0 Å². The molecule has 0 saturated carbocycles. The van der Waals surface area contributed by atoms with Crippen molar-refractivity contribution in [3.05, 3.63) is 40.7 Å². The summed E-state index contributed by atoms with van der Waals surface area (Å²) in [7, 11) is 0. The van der Waals surface area contributed by atoms with E-state index < -0.39 is 4.92 Å². The molecule has 7 heteroatoms. The van der Waals surface area contributed by atoms with E-state index in [2.05, 4.69) is 10.4 Å². The van der Waals surface area contributed by atoms with Gasteiger partial charge in [-0.1, -0.05) is 0 Å². The predicted molar refractivity (Wildman–Crippen MR) is 68.7 cm³/mol. The number of aryl methyl sites for hydroxylation is 1. The molecule has 1 aromatic carbocycles. The number of nitro benzene ring substituents is 1. The Morgan fingerprint density at radius 3 is 2.83 bits per heavy atom. The van der Waals surface area contributed by atoms with Crippen LogP contribution in [0.1, 0.15) is 6.92 Å². The van der Waals surface area contributed by atoms with Crippen LogP contribution in [0.4, 0.5) is 22.7 Å². The van der Waals surface area contributed by atoms with Gasteiger partial charge in [0.2, 0.25) is 0 Å². The Morgan fingerprint density at radius 2 is 2.28 bits per heavy atom. The van der Waals surface area contributed by atoms with Gasteiger partial charge in [-0.3, -0.25) is 14.8 Å². The first-order valence-electron chi connectivity index (χ1n) is 5.43. The van der Waals surface area contributed by atoms with Gasteiger partial charge in [-0.15, -0.1) is 0 Å². The molecular weight excluding hydrogens is 234 g/mol. The second-order valence-corrected chi connectivity index (χ2v) is 3.74. The molecule has 7 nitrogen and oxygen atoms in total. The van der Waals surface area contributed by atoms with Gasteiger partial charge in [-0.25, -0.2) is 0 Å². The van der Waals surface area contributed by atoms with E-state index in [1.807, 2.05) is 13.1 Å². The quantitative estimate of drug-likeness (QED) is 0.490. The molecule has 2 aromatic rings. The van der Waals surface area contributed by atoms with Gasteiger partial charge in [0.25, 0.3) is 5.69 Å². The van der Waals surface area contributed by atoms with Crippen molar-refractivity contribution < 1.29 is 4.92 Å². The lowest BCUT2D eigenvalue weighted by Crippen LogP contribution is -1.97. The smallest absolute Gasteiger partial charge is 0.292 e. The molecule has 1 heterocycles. The zero-order valence-corrected chi connectivity index (χ0v) is 9.83. The fraction of sp³-hybridized carbons (Fsp3) is 0.182. The Balaban J connectivity index is 2.19. The van der Waals surface area contributed by atoms with Crippen molar-refractivity contribution in [1.29, 1.82) is 0 Å². The van der Waals surface area contributed by atoms with E-state index in [9.17, 15) is 10.1 Å². The first-order valence-corrected chi connectivity index (χ1v) is 5.43. The third kappa shape index (κ3) is 2.40. The van der Waals surface area contributed by atoms with Gasteiger partial charge in [0, 0.05) is 24.5 Å². The third-order valence-electron chi connectivity index (χ3n) is 2.47. The van der Waals surface area contributed by atoms with E-state index in [-0.39, 0.29) is 11.4 Å². The van der Waals surface area contributed by atoms with Crippen molar-refractivity contribution >= 4 is 22.7 Å². The first kappa shape index (κ1) is 11.9.